The number of hydrogen-bond donors (Lipinski definition) is 3. The van der Waals surface area contributed by atoms with Crippen LogP contribution in [0.15, 0.2) is 12.5 Å². The molecule has 0 aromatic heterocycles. The minimum Gasteiger partial charge on any atom is -0.466 e. The van der Waals surface area contributed by atoms with Crippen molar-refractivity contribution < 1.29 is 24.8 Å². The van der Waals surface area contributed by atoms with Crippen LogP contribution in [0.4, 0.5) is 0 Å². The van der Waals surface area contributed by atoms with Crippen LogP contribution in [0.3, 0.4) is 0 Å². The van der Waals surface area contributed by atoms with Crippen LogP contribution in [-0.2, 0) is 9.47 Å². The second-order valence-corrected chi connectivity index (χ2v) is 1.82. The fraction of sp³-hybridized carbons (Fsp3) is 0.600. The van der Waals surface area contributed by atoms with Crippen LogP contribution in [0.5, 0.6) is 0 Å². The van der Waals surface area contributed by atoms with E-state index in [0.717, 1.165) is 12.5 Å². The van der Waals surface area contributed by atoms with E-state index in [0.29, 0.717) is 0 Å². The Morgan fingerprint density at radius 1 is 0.900 bits per heavy atom. The van der Waals surface area contributed by atoms with Crippen LogP contribution in [0.25, 0.3) is 0 Å². The van der Waals surface area contributed by atoms with Crippen LogP contribution in [0.2, 0.25) is 0 Å². The van der Waals surface area contributed by atoms with Gasteiger partial charge in [0.25, 0.3) is 0 Å². The lowest BCUT2D eigenvalue weighted by molar-refractivity contribution is -0.202. The van der Waals surface area contributed by atoms with Gasteiger partial charge in [-0.05, 0) is 0 Å². The predicted molar refractivity (Wildman–Crippen MR) is 29.3 cm³/mol. The number of rotatable bonds is 0. The van der Waals surface area contributed by atoms with Gasteiger partial charge in [-0.3, -0.25) is 0 Å². The zero-order chi connectivity index (χ0) is 7.56. The first-order valence-corrected chi connectivity index (χ1v) is 2.72. The van der Waals surface area contributed by atoms with Gasteiger partial charge in [0.05, 0.1) is 0 Å². The van der Waals surface area contributed by atoms with Gasteiger partial charge < -0.3 is 24.8 Å². The highest BCUT2D eigenvalue weighted by atomic mass is 16.7. The average Bonchev–Trinajstić information content (AvgIpc) is 2.04. The maximum atomic E-state index is 8.84. The Hall–Kier alpha value is -0.780. The third kappa shape index (κ3) is 1.38. The lowest BCUT2D eigenvalue weighted by atomic mass is 10.3. The molecule has 10 heavy (non-hydrogen) atoms. The first-order chi connectivity index (χ1) is 4.72. The van der Waals surface area contributed by atoms with Crippen molar-refractivity contribution in [1.29, 1.82) is 0 Å². The van der Waals surface area contributed by atoms with Crippen LogP contribution in [-0.4, -0.2) is 34.0 Å². The molecule has 1 heterocycles. The molecule has 1 aliphatic rings. The number of aliphatic hydroxyl groups excluding tert-OH is 3. The van der Waals surface area contributed by atoms with E-state index in [4.69, 9.17) is 15.3 Å². The Balaban J connectivity index is 2.56. The highest BCUT2D eigenvalue weighted by Crippen LogP contribution is 2.07. The highest BCUT2D eigenvalue weighted by Gasteiger charge is 2.27. The highest BCUT2D eigenvalue weighted by molar-refractivity contribution is 4.73. The second-order valence-electron chi connectivity index (χ2n) is 1.82. The summed E-state index contributed by atoms with van der Waals surface area (Å²) in [6.45, 7) is 0. The molecule has 0 saturated heterocycles. The predicted octanol–water partition coefficient (Wildman–Crippen LogP) is -1.50. The largest absolute Gasteiger partial charge is 0.466 e. The van der Waals surface area contributed by atoms with Crippen LogP contribution >= 0.6 is 0 Å². The average molecular weight is 148 g/mol. The topological polar surface area (TPSA) is 79.2 Å². The van der Waals surface area contributed by atoms with Gasteiger partial charge in [-0.1, -0.05) is 0 Å². The van der Waals surface area contributed by atoms with Crippen molar-refractivity contribution in [2.75, 3.05) is 0 Å². The summed E-state index contributed by atoms with van der Waals surface area (Å²) in [5.41, 5.74) is 0. The van der Waals surface area contributed by atoms with Gasteiger partial charge in [0.2, 0.25) is 12.6 Å². The van der Waals surface area contributed by atoms with Crippen LogP contribution in [0.1, 0.15) is 0 Å². The van der Waals surface area contributed by atoms with Crippen molar-refractivity contribution in [2.24, 2.45) is 0 Å². The van der Waals surface area contributed by atoms with E-state index in [2.05, 4.69) is 9.47 Å². The summed E-state index contributed by atoms with van der Waals surface area (Å²) in [7, 11) is 0. The van der Waals surface area contributed by atoms with E-state index in [9.17, 15) is 0 Å². The first-order valence-electron chi connectivity index (χ1n) is 2.72. The van der Waals surface area contributed by atoms with Crippen molar-refractivity contribution in [3.05, 3.63) is 12.5 Å². The van der Waals surface area contributed by atoms with E-state index >= 15 is 0 Å². The lowest BCUT2D eigenvalue weighted by Gasteiger charge is -2.17. The molecule has 3 atom stereocenters. The molecular formula is C5H8O5. The third-order valence-corrected chi connectivity index (χ3v) is 1.08. The molecule has 0 aromatic rings. The Bertz CT molecular complexity index is 120. The molecule has 0 amide bonds. The summed E-state index contributed by atoms with van der Waals surface area (Å²) in [6.07, 6.45) is -2.22. The lowest BCUT2D eigenvalue weighted by Crippen LogP contribution is -2.37. The van der Waals surface area contributed by atoms with E-state index in [-0.39, 0.29) is 0 Å². The zero-order valence-corrected chi connectivity index (χ0v) is 5.04. The van der Waals surface area contributed by atoms with Gasteiger partial charge in [0.1, 0.15) is 12.5 Å². The molecule has 2 unspecified atom stereocenters. The summed E-state index contributed by atoms with van der Waals surface area (Å²) in [4.78, 5) is 0. The van der Waals surface area contributed by atoms with E-state index in [1.165, 1.54) is 0 Å². The Morgan fingerprint density at radius 2 is 1.30 bits per heavy atom. The second kappa shape index (κ2) is 2.87. The zero-order valence-electron chi connectivity index (χ0n) is 5.04. The maximum absolute atomic E-state index is 8.84. The molecule has 1 rings (SSSR count). The Morgan fingerprint density at radius 3 is 1.70 bits per heavy atom. The summed E-state index contributed by atoms with van der Waals surface area (Å²) in [5.74, 6) is 0. The Kier molecular flexibility index (Phi) is 2.10. The molecule has 0 radical (unpaired) electrons. The monoisotopic (exact) mass is 148 g/mol. The molecule has 0 aromatic carbocycles. The summed E-state index contributed by atoms with van der Waals surface area (Å²) < 4.78 is 8.85. The SMILES string of the molecule is OC1OC=CO[C@@H](O)C1O. The van der Waals surface area contributed by atoms with Gasteiger partial charge in [0, 0.05) is 0 Å². The third-order valence-electron chi connectivity index (χ3n) is 1.08. The molecule has 0 aliphatic carbocycles. The first kappa shape index (κ1) is 7.33. The smallest absolute Gasteiger partial charge is 0.229 e. The fourth-order valence-corrected chi connectivity index (χ4v) is 0.527. The summed E-state index contributed by atoms with van der Waals surface area (Å²) in [6, 6.07) is 0. The minimum absolute atomic E-state index is 1.05. The molecule has 5 heteroatoms. The van der Waals surface area contributed by atoms with E-state index in [1.54, 1.807) is 0 Å². The summed E-state index contributed by atoms with van der Waals surface area (Å²) >= 11 is 0. The molecule has 3 N–H and O–H groups in total. The standard InChI is InChI=1S/C5H8O5/c6-3-4(7)9-1-2-10-5(3)8/h1-8H/t3?,4-,5?/m1/s1. The molecule has 0 bridgehead atoms. The summed E-state index contributed by atoms with van der Waals surface area (Å²) in [5, 5.41) is 26.4. The van der Waals surface area contributed by atoms with Crippen molar-refractivity contribution in [2.45, 2.75) is 18.7 Å². The Labute approximate surface area is 57.1 Å². The number of aliphatic hydroxyl groups is 3. The number of hydrogen-bond acceptors (Lipinski definition) is 5. The molecule has 1 aliphatic heterocycles. The van der Waals surface area contributed by atoms with Crippen LogP contribution < -0.4 is 0 Å². The van der Waals surface area contributed by atoms with E-state index in [1.807, 2.05) is 0 Å². The van der Waals surface area contributed by atoms with Crippen molar-refractivity contribution >= 4 is 0 Å². The number of ether oxygens (including phenoxy) is 2. The molecule has 0 saturated carbocycles. The van der Waals surface area contributed by atoms with Crippen molar-refractivity contribution in [3.63, 3.8) is 0 Å². The van der Waals surface area contributed by atoms with Crippen molar-refractivity contribution in [3.8, 4) is 0 Å². The molecule has 58 valence electrons. The van der Waals surface area contributed by atoms with Gasteiger partial charge in [-0.25, -0.2) is 0 Å². The quantitative estimate of drug-likeness (QED) is 0.389. The van der Waals surface area contributed by atoms with E-state index < -0.39 is 18.7 Å². The fourth-order valence-electron chi connectivity index (χ4n) is 0.527. The molecular weight excluding hydrogens is 140 g/mol. The molecule has 0 spiro atoms. The van der Waals surface area contributed by atoms with Crippen LogP contribution in [0, 0.1) is 0 Å². The van der Waals surface area contributed by atoms with Gasteiger partial charge in [-0.2, -0.15) is 0 Å². The van der Waals surface area contributed by atoms with Gasteiger partial charge >= 0.3 is 0 Å². The maximum Gasteiger partial charge on any atom is 0.229 e. The minimum atomic E-state index is -1.44. The normalized spacial score (nSPS) is 39.7. The molecule has 0 fully saturated rings. The van der Waals surface area contributed by atoms with Crippen molar-refractivity contribution in [1.82, 2.24) is 0 Å². The molecule has 5 nitrogen and oxygen atoms in total. The van der Waals surface area contributed by atoms with Gasteiger partial charge in [-0.15, -0.1) is 0 Å². The van der Waals surface area contributed by atoms with Gasteiger partial charge in [0.15, 0.2) is 6.10 Å².